The number of carbonyl (C=O) groups is 1. The van der Waals surface area contributed by atoms with Gasteiger partial charge in [0.15, 0.2) is 5.11 Å². The molecule has 0 unspecified atom stereocenters. The molecule has 0 aliphatic carbocycles. The average molecular weight is 374 g/mol. The standard InChI is InChI=1S/C19H23FN4OS/c1-13(2)23-18(25)24-17-9-5-15(6-10-17)12-22-19(26)21-11-14-3-7-16(20)8-4-14/h3-10,13H,11-12H2,1-2H3,(H2,21,22,26)(H2,23,24,25). The lowest BCUT2D eigenvalue weighted by molar-refractivity contribution is 0.250. The van der Waals surface area contributed by atoms with E-state index in [1.165, 1.54) is 12.1 Å². The van der Waals surface area contributed by atoms with Crippen LogP contribution >= 0.6 is 12.2 Å². The molecule has 2 rings (SSSR count). The summed E-state index contributed by atoms with van der Waals surface area (Å²) >= 11 is 5.24. The number of hydrogen-bond donors (Lipinski definition) is 4. The Morgan fingerprint density at radius 3 is 1.96 bits per heavy atom. The van der Waals surface area contributed by atoms with Gasteiger partial charge in [-0.3, -0.25) is 0 Å². The van der Waals surface area contributed by atoms with E-state index in [2.05, 4.69) is 21.3 Å². The average Bonchev–Trinajstić information content (AvgIpc) is 2.60. The second kappa shape index (κ2) is 9.72. The Labute approximate surface area is 158 Å². The van der Waals surface area contributed by atoms with Gasteiger partial charge >= 0.3 is 6.03 Å². The zero-order valence-corrected chi connectivity index (χ0v) is 15.6. The number of halogens is 1. The first-order valence-electron chi connectivity index (χ1n) is 8.35. The maximum absolute atomic E-state index is 12.9. The molecular weight excluding hydrogens is 351 g/mol. The van der Waals surface area contributed by atoms with Gasteiger partial charge in [-0.15, -0.1) is 0 Å². The van der Waals surface area contributed by atoms with Crippen LogP contribution in [-0.2, 0) is 13.1 Å². The first-order chi connectivity index (χ1) is 12.4. The number of benzene rings is 2. The summed E-state index contributed by atoms with van der Waals surface area (Å²) in [5.74, 6) is -0.255. The fraction of sp³-hybridized carbons (Fsp3) is 0.263. The summed E-state index contributed by atoms with van der Waals surface area (Å²) in [6.45, 7) is 4.90. The van der Waals surface area contributed by atoms with Crippen molar-refractivity contribution in [3.63, 3.8) is 0 Å². The van der Waals surface area contributed by atoms with Crippen molar-refractivity contribution >= 4 is 29.0 Å². The molecule has 2 amide bonds. The van der Waals surface area contributed by atoms with Crippen LogP contribution < -0.4 is 21.3 Å². The van der Waals surface area contributed by atoms with Crippen LogP contribution in [0.25, 0.3) is 0 Å². The molecule has 7 heteroatoms. The largest absolute Gasteiger partial charge is 0.359 e. The molecule has 138 valence electrons. The van der Waals surface area contributed by atoms with Gasteiger partial charge in [-0.2, -0.15) is 0 Å². The van der Waals surface area contributed by atoms with Crippen molar-refractivity contribution < 1.29 is 9.18 Å². The highest BCUT2D eigenvalue weighted by Gasteiger charge is 2.03. The van der Waals surface area contributed by atoms with E-state index in [1.54, 1.807) is 12.1 Å². The Morgan fingerprint density at radius 2 is 1.46 bits per heavy atom. The number of amides is 2. The van der Waals surface area contributed by atoms with E-state index >= 15 is 0 Å². The van der Waals surface area contributed by atoms with Gasteiger partial charge < -0.3 is 21.3 Å². The molecule has 0 aromatic heterocycles. The topological polar surface area (TPSA) is 65.2 Å². The number of rotatable bonds is 6. The van der Waals surface area contributed by atoms with E-state index in [0.29, 0.717) is 18.2 Å². The summed E-state index contributed by atoms with van der Waals surface area (Å²) < 4.78 is 12.9. The molecule has 0 heterocycles. The lowest BCUT2D eigenvalue weighted by Crippen LogP contribution is -2.34. The minimum Gasteiger partial charge on any atom is -0.359 e. The van der Waals surface area contributed by atoms with Crippen molar-refractivity contribution in [1.82, 2.24) is 16.0 Å². The van der Waals surface area contributed by atoms with Crippen LogP contribution in [0.4, 0.5) is 14.9 Å². The number of anilines is 1. The van der Waals surface area contributed by atoms with Gasteiger partial charge in [0, 0.05) is 24.8 Å². The van der Waals surface area contributed by atoms with Crippen LogP contribution in [0.2, 0.25) is 0 Å². The van der Waals surface area contributed by atoms with E-state index in [0.717, 1.165) is 16.8 Å². The molecule has 5 nitrogen and oxygen atoms in total. The summed E-state index contributed by atoms with van der Waals surface area (Å²) in [4.78, 5) is 11.6. The van der Waals surface area contributed by atoms with Gasteiger partial charge in [-0.05, 0) is 61.5 Å². The van der Waals surface area contributed by atoms with Gasteiger partial charge in [0.1, 0.15) is 5.82 Å². The Morgan fingerprint density at radius 1 is 0.962 bits per heavy atom. The van der Waals surface area contributed by atoms with E-state index in [9.17, 15) is 9.18 Å². The lowest BCUT2D eigenvalue weighted by Gasteiger charge is -2.12. The first kappa shape index (κ1) is 19.7. The smallest absolute Gasteiger partial charge is 0.319 e. The van der Waals surface area contributed by atoms with Gasteiger partial charge in [-0.25, -0.2) is 9.18 Å². The van der Waals surface area contributed by atoms with Crippen LogP contribution in [0.3, 0.4) is 0 Å². The molecule has 0 aliphatic heterocycles. The van der Waals surface area contributed by atoms with Crippen molar-refractivity contribution in [1.29, 1.82) is 0 Å². The monoisotopic (exact) mass is 374 g/mol. The Kier molecular flexibility index (Phi) is 7.35. The van der Waals surface area contributed by atoms with E-state index in [4.69, 9.17) is 12.2 Å². The molecule has 26 heavy (non-hydrogen) atoms. The van der Waals surface area contributed by atoms with Crippen LogP contribution in [0.1, 0.15) is 25.0 Å². The van der Waals surface area contributed by atoms with Crippen molar-refractivity contribution in [2.45, 2.75) is 33.0 Å². The predicted molar refractivity (Wildman–Crippen MR) is 106 cm³/mol. The quantitative estimate of drug-likeness (QED) is 0.584. The second-order valence-electron chi connectivity index (χ2n) is 6.11. The Balaban J connectivity index is 1.73. The fourth-order valence-corrected chi connectivity index (χ4v) is 2.31. The molecule has 0 fully saturated rings. The summed E-state index contributed by atoms with van der Waals surface area (Å²) in [7, 11) is 0. The minimum atomic E-state index is -0.255. The summed E-state index contributed by atoms with van der Waals surface area (Å²) in [6.07, 6.45) is 0. The second-order valence-corrected chi connectivity index (χ2v) is 6.52. The Hall–Kier alpha value is -2.67. The van der Waals surface area contributed by atoms with Crippen molar-refractivity contribution in [3.8, 4) is 0 Å². The molecule has 0 bridgehead atoms. The summed E-state index contributed by atoms with van der Waals surface area (Å²) in [5.41, 5.74) is 2.71. The number of hydrogen-bond acceptors (Lipinski definition) is 2. The van der Waals surface area contributed by atoms with E-state index in [1.807, 2.05) is 38.1 Å². The third-order valence-electron chi connectivity index (χ3n) is 3.45. The van der Waals surface area contributed by atoms with Gasteiger partial charge in [0.2, 0.25) is 0 Å². The molecule has 2 aromatic rings. The number of thiocarbonyl (C=S) groups is 1. The van der Waals surface area contributed by atoms with Gasteiger partial charge in [-0.1, -0.05) is 24.3 Å². The van der Waals surface area contributed by atoms with Crippen molar-refractivity contribution in [2.75, 3.05) is 5.32 Å². The van der Waals surface area contributed by atoms with Crippen LogP contribution in [0, 0.1) is 5.82 Å². The molecular formula is C19H23FN4OS. The lowest BCUT2D eigenvalue weighted by atomic mass is 10.2. The molecule has 0 aliphatic rings. The fourth-order valence-electron chi connectivity index (χ4n) is 2.16. The number of carbonyl (C=O) groups excluding carboxylic acids is 1. The van der Waals surface area contributed by atoms with Gasteiger partial charge in [0.05, 0.1) is 0 Å². The SMILES string of the molecule is CC(C)NC(=O)Nc1ccc(CNC(=S)NCc2ccc(F)cc2)cc1. The maximum Gasteiger partial charge on any atom is 0.319 e. The number of urea groups is 1. The van der Waals surface area contributed by atoms with E-state index in [-0.39, 0.29) is 17.9 Å². The van der Waals surface area contributed by atoms with E-state index < -0.39 is 0 Å². The van der Waals surface area contributed by atoms with Crippen LogP contribution in [0.5, 0.6) is 0 Å². The normalized spacial score (nSPS) is 10.3. The summed E-state index contributed by atoms with van der Waals surface area (Å²) in [6, 6.07) is 13.6. The molecule has 0 saturated heterocycles. The zero-order valence-electron chi connectivity index (χ0n) is 14.8. The van der Waals surface area contributed by atoms with Crippen LogP contribution in [0.15, 0.2) is 48.5 Å². The minimum absolute atomic E-state index is 0.0851. The highest BCUT2D eigenvalue weighted by molar-refractivity contribution is 7.80. The van der Waals surface area contributed by atoms with Crippen LogP contribution in [-0.4, -0.2) is 17.2 Å². The molecule has 2 aromatic carbocycles. The predicted octanol–water partition coefficient (Wildman–Crippen LogP) is 3.52. The first-order valence-corrected chi connectivity index (χ1v) is 8.76. The summed E-state index contributed by atoms with van der Waals surface area (Å²) in [5, 5.41) is 12.3. The highest BCUT2D eigenvalue weighted by Crippen LogP contribution is 2.09. The zero-order chi connectivity index (χ0) is 18.9. The molecule has 4 N–H and O–H groups in total. The van der Waals surface area contributed by atoms with Crippen molar-refractivity contribution in [3.05, 3.63) is 65.5 Å². The Bertz CT molecular complexity index is 732. The van der Waals surface area contributed by atoms with Crippen molar-refractivity contribution in [2.24, 2.45) is 0 Å². The third-order valence-corrected chi connectivity index (χ3v) is 3.74. The molecule has 0 saturated carbocycles. The number of nitrogens with one attached hydrogen (secondary N) is 4. The maximum atomic E-state index is 12.9. The van der Waals surface area contributed by atoms with Gasteiger partial charge in [0.25, 0.3) is 0 Å². The molecule has 0 radical (unpaired) electrons. The molecule has 0 spiro atoms. The molecule has 0 atom stereocenters. The third kappa shape index (κ3) is 7.06. The highest BCUT2D eigenvalue weighted by atomic mass is 32.1.